The number of hydrogen-bond donors (Lipinski definition) is 2. The van der Waals surface area contributed by atoms with Crippen molar-refractivity contribution in [2.75, 3.05) is 37.7 Å². The second-order valence-electron chi connectivity index (χ2n) is 5.40. The molecule has 100 valence electrons. The molecule has 1 aromatic carbocycles. The molecule has 3 nitrogen and oxygen atoms in total. The molecule has 0 radical (unpaired) electrons. The average molecular weight is 247 g/mol. The number of piperidine rings is 1. The van der Waals surface area contributed by atoms with E-state index in [9.17, 15) is 0 Å². The van der Waals surface area contributed by atoms with E-state index in [0.29, 0.717) is 0 Å². The van der Waals surface area contributed by atoms with Crippen LogP contribution in [0, 0.1) is 5.92 Å². The molecule has 1 aliphatic rings. The molecule has 0 amide bonds. The molecule has 0 spiro atoms. The number of benzene rings is 1. The van der Waals surface area contributed by atoms with E-state index in [1.807, 2.05) is 24.3 Å². The standard InChI is InChI=1S/C15H25N3/c1-18-11-8-13(9-12-18)5-4-10-17-15-7-3-2-6-14(15)16/h2-3,6-7,13,17H,4-5,8-12,16H2,1H3. The second-order valence-corrected chi connectivity index (χ2v) is 5.40. The number of rotatable bonds is 5. The molecule has 0 saturated carbocycles. The predicted octanol–water partition coefficient (Wildman–Crippen LogP) is 2.80. The molecular weight excluding hydrogens is 222 g/mol. The van der Waals surface area contributed by atoms with Crippen LogP contribution in [0.15, 0.2) is 24.3 Å². The Morgan fingerprint density at radius 3 is 2.72 bits per heavy atom. The van der Waals surface area contributed by atoms with Gasteiger partial charge in [-0.05, 0) is 63.9 Å². The number of hydrogen-bond acceptors (Lipinski definition) is 3. The zero-order valence-corrected chi connectivity index (χ0v) is 11.4. The van der Waals surface area contributed by atoms with Gasteiger partial charge in [-0.1, -0.05) is 12.1 Å². The summed E-state index contributed by atoms with van der Waals surface area (Å²) in [6.45, 7) is 3.56. The lowest BCUT2D eigenvalue weighted by atomic mass is 9.92. The molecule has 3 heteroatoms. The van der Waals surface area contributed by atoms with Gasteiger partial charge in [0, 0.05) is 6.54 Å². The molecule has 1 saturated heterocycles. The van der Waals surface area contributed by atoms with Gasteiger partial charge >= 0.3 is 0 Å². The van der Waals surface area contributed by atoms with E-state index < -0.39 is 0 Å². The zero-order valence-electron chi connectivity index (χ0n) is 11.4. The van der Waals surface area contributed by atoms with Crippen LogP contribution >= 0.6 is 0 Å². The van der Waals surface area contributed by atoms with Crippen molar-refractivity contribution in [3.63, 3.8) is 0 Å². The van der Waals surface area contributed by atoms with Gasteiger partial charge in [-0.15, -0.1) is 0 Å². The molecule has 1 fully saturated rings. The quantitative estimate of drug-likeness (QED) is 0.621. The molecule has 18 heavy (non-hydrogen) atoms. The van der Waals surface area contributed by atoms with Crippen LogP contribution in [0.3, 0.4) is 0 Å². The first-order valence-corrected chi connectivity index (χ1v) is 7.02. The number of likely N-dealkylation sites (tertiary alicyclic amines) is 1. The van der Waals surface area contributed by atoms with Crippen LogP contribution in [-0.2, 0) is 0 Å². The lowest BCUT2D eigenvalue weighted by Crippen LogP contribution is -2.30. The van der Waals surface area contributed by atoms with Gasteiger partial charge in [-0.25, -0.2) is 0 Å². The van der Waals surface area contributed by atoms with E-state index in [1.54, 1.807) is 0 Å². The monoisotopic (exact) mass is 247 g/mol. The summed E-state index contributed by atoms with van der Waals surface area (Å²) in [7, 11) is 2.22. The number of anilines is 2. The van der Waals surface area contributed by atoms with Crippen molar-refractivity contribution in [3.05, 3.63) is 24.3 Å². The molecule has 1 heterocycles. The van der Waals surface area contributed by atoms with E-state index in [4.69, 9.17) is 5.73 Å². The van der Waals surface area contributed by atoms with Gasteiger partial charge in [-0.2, -0.15) is 0 Å². The van der Waals surface area contributed by atoms with Crippen molar-refractivity contribution in [3.8, 4) is 0 Å². The van der Waals surface area contributed by atoms with Gasteiger partial charge in [0.15, 0.2) is 0 Å². The molecule has 0 bridgehead atoms. The Kier molecular flexibility index (Phi) is 4.88. The summed E-state index contributed by atoms with van der Waals surface area (Å²) in [6.07, 6.45) is 5.31. The third-order valence-corrected chi connectivity index (χ3v) is 3.90. The van der Waals surface area contributed by atoms with Crippen molar-refractivity contribution < 1.29 is 0 Å². The molecule has 0 atom stereocenters. The zero-order chi connectivity index (χ0) is 12.8. The van der Waals surface area contributed by atoms with Crippen LogP contribution in [0.4, 0.5) is 11.4 Å². The summed E-state index contributed by atoms with van der Waals surface area (Å²) >= 11 is 0. The van der Waals surface area contributed by atoms with E-state index in [2.05, 4.69) is 17.3 Å². The second kappa shape index (κ2) is 6.64. The van der Waals surface area contributed by atoms with E-state index in [-0.39, 0.29) is 0 Å². The van der Waals surface area contributed by atoms with E-state index in [1.165, 1.54) is 38.8 Å². The fourth-order valence-corrected chi connectivity index (χ4v) is 2.62. The first kappa shape index (κ1) is 13.2. The minimum atomic E-state index is 0.844. The van der Waals surface area contributed by atoms with Gasteiger partial charge in [0.2, 0.25) is 0 Å². The Morgan fingerprint density at radius 2 is 2.00 bits per heavy atom. The number of nitrogens with two attached hydrogens (primary N) is 1. The van der Waals surface area contributed by atoms with Crippen LogP contribution in [-0.4, -0.2) is 31.6 Å². The Labute approximate surface area is 110 Å². The van der Waals surface area contributed by atoms with Crippen LogP contribution in [0.2, 0.25) is 0 Å². The first-order valence-electron chi connectivity index (χ1n) is 7.02. The summed E-state index contributed by atoms with van der Waals surface area (Å²) in [5.41, 5.74) is 7.81. The summed E-state index contributed by atoms with van der Waals surface area (Å²) < 4.78 is 0. The van der Waals surface area contributed by atoms with Crippen molar-refractivity contribution in [1.82, 2.24) is 4.90 Å². The van der Waals surface area contributed by atoms with Gasteiger partial charge in [0.25, 0.3) is 0 Å². The molecule has 0 aliphatic carbocycles. The lowest BCUT2D eigenvalue weighted by molar-refractivity contribution is 0.211. The maximum Gasteiger partial charge on any atom is 0.0573 e. The summed E-state index contributed by atoms with van der Waals surface area (Å²) in [6, 6.07) is 7.99. The molecule has 0 aromatic heterocycles. The van der Waals surface area contributed by atoms with Crippen LogP contribution in [0.5, 0.6) is 0 Å². The van der Waals surface area contributed by atoms with E-state index in [0.717, 1.165) is 23.8 Å². The van der Waals surface area contributed by atoms with Crippen LogP contribution in [0.25, 0.3) is 0 Å². The van der Waals surface area contributed by atoms with Gasteiger partial charge in [-0.3, -0.25) is 0 Å². The summed E-state index contributed by atoms with van der Waals surface area (Å²) in [4.78, 5) is 2.43. The fourth-order valence-electron chi connectivity index (χ4n) is 2.62. The smallest absolute Gasteiger partial charge is 0.0573 e. The Bertz CT molecular complexity index is 357. The third kappa shape index (κ3) is 3.91. The number of para-hydroxylation sites is 2. The topological polar surface area (TPSA) is 41.3 Å². The average Bonchev–Trinajstić information content (AvgIpc) is 2.39. The first-order chi connectivity index (χ1) is 8.75. The maximum atomic E-state index is 5.89. The van der Waals surface area contributed by atoms with Crippen molar-refractivity contribution in [1.29, 1.82) is 0 Å². The lowest BCUT2D eigenvalue weighted by Gasteiger charge is -2.28. The number of nitrogens with zero attached hydrogens (tertiary/aromatic N) is 1. The van der Waals surface area contributed by atoms with Crippen LogP contribution < -0.4 is 11.1 Å². The summed E-state index contributed by atoms with van der Waals surface area (Å²) in [5.74, 6) is 0.927. The Morgan fingerprint density at radius 1 is 1.28 bits per heavy atom. The molecule has 2 rings (SSSR count). The Balaban J connectivity index is 1.63. The SMILES string of the molecule is CN1CCC(CCCNc2ccccc2N)CC1. The molecule has 1 aliphatic heterocycles. The normalized spacial score (nSPS) is 17.8. The highest BCUT2D eigenvalue weighted by molar-refractivity contribution is 5.65. The van der Waals surface area contributed by atoms with E-state index >= 15 is 0 Å². The predicted molar refractivity (Wildman–Crippen MR) is 78.8 cm³/mol. The summed E-state index contributed by atoms with van der Waals surface area (Å²) in [5, 5.41) is 3.43. The van der Waals surface area contributed by atoms with Gasteiger partial charge in [0.1, 0.15) is 0 Å². The highest BCUT2D eigenvalue weighted by Gasteiger charge is 2.15. The highest BCUT2D eigenvalue weighted by Crippen LogP contribution is 2.21. The largest absolute Gasteiger partial charge is 0.397 e. The molecule has 3 N–H and O–H groups in total. The molecular formula is C15H25N3. The molecule has 0 unspecified atom stereocenters. The Hall–Kier alpha value is -1.22. The van der Waals surface area contributed by atoms with Crippen LogP contribution in [0.1, 0.15) is 25.7 Å². The van der Waals surface area contributed by atoms with Crippen molar-refractivity contribution >= 4 is 11.4 Å². The number of nitrogens with one attached hydrogen (secondary N) is 1. The highest BCUT2D eigenvalue weighted by atomic mass is 15.1. The maximum absolute atomic E-state index is 5.89. The third-order valence-electron chi connectivity index (χ3n) is 3.90. The van der Waals surface area contributed by atoms with Crippen molar-refractivity contribution in [2.24, 2.45) is 5.92 Å². The number of nitrogen functional groups attached to an aromatic ring is 1. The fraction of sp³-hybridized carbons (Fsp3) is 0.600. The van der Waals surface area contributed by atoms with Gasteiger partial charge < -0.3 is 16.0 Å². The van der Waals surface area contributed by atoms with Crippen molar-refractivity contribution in [2.45, 2.75) is 25.7 Å². The minimum Gasteiger partial charge on any atom is -0.397 e. The minimum absolute atomic E-state index is 0.844. The van der Waals surface area contributed by atoms with Gasteiger partial charge in [0.05, 0.1) is 11.4 Å². The molecule has 1 aromatic rings.